The number of rotatable bonds is 4. The Morgan fingerprint density at radius 1 is 0.933 bits per heavy atom. The molecule has 0 spiro atoms. The normalized spacial score (nSPS) is 46.2. The van der Waals surface area contributed by atoms with E-state index in [2.05, 4.69) is 13.8 Å². The average molecular weight is 421 g/mol. The second kappa shape index (κ2) is 8.11. The fourth-order valence-corrected chi connectivity index (χ4v) is 8.67. The highest BCUT2D eigenvalue weighted by Crippen LogP contribution is 2.68. The molecule has 0 heterocycles. The lowest BCUT2D eigenvalue weighted by atomic mass is 9.44. The van der Waals surface area contributed by atoms with Crippen LogP contribution >= 0.6 is 0 Å². The third-order valence-electron chi connectivity index (χ3n) is 9.97. The Labute approximate surface area is 181 Å². The van der Waals surface area contributed by atoms with Crippen LogP contribution in [0.5, 0.6) is 0 Å². The van der Waals surface area contributed by atoms with Gasteiger partial charge in [0.15, 0.2) is 0 Å². The number of carbonyl (C=O) groups excluding carboxylic acids is 2. The second-order valence-corrected chi connectivity index (χ2v) is 11.2. The second-order valence-electron chi connectivity index (χ2n) is 11.2. The predicted molar refractivity (Wildman–Crippen MR) is 113 cm³/mol. The van der Waals surface area contributed by atoms with E-state index >= 15 is 0 Å². The Balaban J connectivity index is 1.51. The molecular weight excluding hydrogens is 380 g/mol. The minimum atomic E-state index is -0.361. The van der Waals surface area contributed by atoms with Crippen LogP contribution in [0.25, 0.3) is 0 Å². The summed E-state index contributed by atoms with van der Waals surface area (Å²) in [6.45, 7) is 7.83. The van der Waals surface area contributed by atoms with Crippen LogP contribution in [-0.2, 0) is 19.1 Å². The van der Waals surface area contributed by atoms with Crippen LogP contribution in [0.4, 0.5) is 0 Å². The summed E-state index contributed by atoms with van der Waals surface area (Å²) >= 11 is 0. The fourth-order valence-electron chi connectivity index (χ4n) is 8.67. The Hall–Kier alpha value is -1.10. The molecule has 2 unspecified atom stereocenters. The number of hydrogen-bond donors (Lipinski definition) is 1. The SMILES string of the molecule is CC(=O)OC(CO)[C@H]1CC[C@H]2[C@@H]3CCC4C[C@@H](OC(C)=O)CC[C@]4(C)[C@H]3CC[C@]12C. The maximum absolute atomic E-state index is 11.6. The first kappa shape index (κ1) is 22.1. The van der Waals surface area contributed by atoms with Crippen LogP contribution in [-0.4, -0.2) is 35.9 Å². The fraction of sp³-hybridized carbons (Fsp3) is 0.920. The molecule has 170 valence electrons. The minimum absolute atomic E-state index is 0.0714. The summed E-state index contributed by atoms with van der Waals surface area (Å²) in [7, 11) is 0. The maximum atomic E-state index is 11.6. The third-order valence-corrected chi connectivity index (χ3v) is 9.97. The minimum Gasteiger partial charge on any atom is -0.463 e. The van der Waals surface area contributed by atoms with Crippen molar-refractivity contribution in [2.75, 3.05) is 6.61 Å². The molecule has 0 saturated heterocycles. The Bertz CT molecular complexity index is 676. The van der Waals surface area contributed by atoms with E-state index in [1.54, 1.807) is 0 Å². The van der Waals surface area contributed by atoms with E-state index in [4.69, 9.17) is 9.47 Å². The van der Waals surface area contributed by atoms with Crippen molar-refractivity contribution in [3.63, 3.8) is 0 Å². The van der Waals surface area contributed by atoms with Crippen molar-refractivity contribution in [1.29, 1.82) is 0 Å². The van der Waals surface area contributed by atoms with Crippen molar-refractivity contribution >= 4 is 11.9 Å². The van der Waals surface area contributed by atoms with Gasteiger partial charge in [-0.25, -0.2) is 0 Å². The lowest BCUT2D eigenvalue weighted by molar-refractivity contribution is -0.167. The average Bonchev–Trinajstić information content (AvgIpc) is 3.03. The smallest absolute Gasteiger partial charge is 0.302 e. The molecule has 1 N–H and O–H groups in total. The summed E-state index contributed by atoms with van der Waals surface area (Å²) in [6.07, 6.45) is 10.1. The number of hydrogen-bond acceptors (Lipinski definition) is 5. The van der Waals surface area contributed by atoms with Gasteiger partial charge in [0.25, 0.3) is 0 Å². The molecule has 0 radical (unpaired) electrons. The number of aliphatic hydroxyl groups excluding tert-OH is 1. The van der Waals surface area contributed by atoms with Crippen LogP contribution in [0.2, 0.25) is 0 Å². The van der Waals surface area contributed by atoms with Gasteiger partial charge >= 0.3 is 11.9 Å². The van der Waals surface area contributed by atoms with Crippen LogP contribution in [0, 0.1) is 40.4 Å². The van der Waals surface area contributed by atoms with Gasteiger partial charge in [0, 0.05) is 19.8 Å². The molecule has 0 aromatic rings. The maximum Gasteiger partial charge on any atom is 0.302 e. The van der Waals surface area contributed by atoms with E-state index in [0.29, 0.717) is 17.3 Å². The van der Waals surface area contributed by atoms with Crippen LogP contribution in [0.1, 0.15) is 85.5 Å². The molecule has 30 heavy (non-hydrogen) atoms. The standard InChI is InChI=1S/C25H40O5/c1-15(27)29-18-9-11-24(3)17(13-18)5-6-19-20-7-8-22(23(14-26)30-16(2)28)25(20,4)12-10-21(19)24/h17-23,26H,5-14H2,1-4H3/t17?,18-,19-,20-,21-,22+,23?,24-,25-/m0/s1. The highest BCUT2D eigenvalue weighted by molar-refractivity contribution is 5.66. The summed E-state index contributed by atoms with van der Waals surface area (Å²) < 4.78 is 11.1. The van der Waals surface area contributed by atoms with E-state index in [9.17, 15) is 14.7 Å². The summed E-state index contributed by atoms with van der Waals surface area (Å²) in [4.78, 5) is 23.0. The molecule has 9 atom stereocenters. The van der Waals surface area contributed by atoms with Gasteiger partial charge in [-0.2, -0.15) is 0 Å². The van der Waals surface area contributed by atoms with E-state index in [0.717, 1.165) is 43.9 Å². The number of carbonyl (C=O) groups is 2. The lowest BCUT2D eigenvalue weighted by Crippen LogP contribution is -2.55. The zero-order valence-electron chi connectivity index (χ0n) is 19.2. The first-order valence-corrected chi connectivity index (χ1v) is 12.1. The van der Waals surface area contributed by atoms with Gasteiger partial charge in [-0.05, 0) is 92.3 Å². The molecule has 0 aliphatic heterocycles. The molecule has 4 rings (SSSR count). The summed E-state index contributed by atoms with van der Waals surface area (Å²) in [5, 5.41) is 9.94. The van der Waals surface area contributed by atoms with Crippen molar-refractivity contribution in [3.8, 4) is 0 Å². The number of esters is 2. The summed E-state index contributed by atoms with van der Waals surface area (Å²) in [5.74, 6) is 2.63. The Morgan fingerprint density at radius 3 is 2.30 bits per heavy atom. The van der Waals surface area contributed by atoms with Crippen LogP contribution in [0.15, 0.2) is 0 Å². The first-order chi connectivity index (χ1) is 14.2. The quantitative estimate of drug-likeness (QED) is 0.678. The van der Waals surface area contributed by atoms with Gasteiger partial charge in [-0.1, -0.05) is 13.8 Å². The lowest BCUT2D eigenvalue weighted by Gasteiger charge is -2.61. The van der Waals surface area contributed by atoms with Crippen molar-refractivity contribution in [3.05, 3.63) is 0 Å². The molecule has 5 heteroatoms. The van der Waals surface area contributed by atoms with E-state index in [-0.39, 0.29) is 42.1 Å². The zero-order chi connectivity index (χ0) is 21.7. The molecule has 4 fully saturated rings. The van der Waals surface area contributed by atoms with Gasteiger partial charge in [-0.3, -0.25) is 9.59 Å². The van der Waals surface area contributed by atoms with E-state index in [1.807, 2.05) is 0 Å². The number of aliphatic hydroxyl groups is 1. The molecule has 4 aliphatic rings. The molecule has 4 saturated carbocycles. The largest absolute Gasteiger partial charge is 0.463 e. The van der Waals surface area contributed by atoms with Gasteiger partial charge in [0.2, 0.25) is 0 Å². The zero-order valence-corrected chi connectivity index (χ0v) is 19.2. The number of ether oxygens (including phenoxy) is 2. The molecule has 4 aliphatic carbocycles. The topological polar surface area (TPSA) is 72.8 Å². The molecule has 0 amide bonds. The summed E-state index contributed by atoms with van der Waals surface area (Å²) in [6, 6.07) is 0. The van der Waals surface area contributed by atoms with Crippen molar-refractivity contribution in [1.82, 2.24) is 0 Å². The summed E-state index contributed by atoms with van der Waals surface area (Å²) in [5.41, 5.74) is 0.507. The van der Waals surface area contributed by atoms with E-state index in [1.165, 1.54) is 39.5 Å². The molecule has 0 aromatic heterocycles. The van der Waals surface area contributed by atoms with Gasteiger partial charge in [0.05, 0.1) is 6.61 Å². The molecular formula is C25H40O5. The molecule has 0 bridgehead atoms. The highest BCUT2D eigenvalue weighted by atomic mass is 16.6. The Morgan fingerprint density at radius 2 is 1.63 bits per heavy atom. The van der Waals surface area contributed by atoms with Gasteiger partial charge in [0.1, 0.15) is 12.2 Å². The Kier molecular flexibility index (Phi) is 5.97. The van der Waals surface area contributed by atoms with Gasteiger partial charge in [-0.15, -0.1) is 0 Å². The van der Waals surface area contributed by atoms with Crippen LogP contribution < -0.4 is 0 Å². The van der Waals surface area contributed by atoms with Crippen molar-refractivity contribution in [2.24, 2.45) is 40.4 Å². The van der Waals surface area contributed by atoms with Crippen LogP contribution in [0.3, 0.4) is 0 Å². The predicted octanol–water partition coefficient (Wildman–Crippen LogP) is 4.50. The monoisotopic (exact) mass is 420 g/mol. The van der Waals surface area contributed by atoms with Crippen molar-refractivity contribution < 1.29 is 24.2 Å². The molecule has 0 aromatic carbocycles. The van der Waals surface area contributed by atoms with Crippen molar-refractivity contribution in [2.45, 2.75) is 97.7 Å². The van der Waals surface area contributed by atoms with E-state index < -0.39 is 0 Å². The molecule has 5 nitrogen and oxygen atoms in total. The highest BCUT2D eigenvalue weighted by Gasteiger charge is 2.61. The third kappa shape index (κ3) is 3.59. The number of fused-ring (bicyclic) bond motifs is 5. The van der Waals surface area contributed by atoms with Gasteiger partial charge < -0.3 is 14.6 Å². The first-order valence-electron chi connectivity index (χ1n) is 12.1.